The molecule has 138 valence electrons. The van der Waals surface area contributed by atoms with Gasteiger partial charge in [0.25, 0.3) is 0 Å². The highest BCUT2D eigenvalue weighted by Crippen LogP contribution is 2.42. The number of pyridine rings is 1. The molecule has 0 unspecified atom stereocenters. The van der Waals surface area contributed by atoms with E-state index in [1.54, 1.807) is 12.4 Å². The summed E-state index contributed by atoms with van der Waals surface area (Å²) in [5.74, 6) is 0.145. The van der Waals surface area contributed by atoms with Gasteiger partial charge in [-0.05, 0) is 29.9 Å². The summed E-state index contributed by atoms with van der Waals surface area (Å²) in [6, 6.07) is 3.79. The number of hydrogen-bond acceptors (Lipinski definition) is 4. The number of carbonyl (C=O) groups excluding carboxylic acids is 1. The number of piperidine rings is 1. The van der Waals surface area contributed by atoms with Gasteiger partial charge in [0.15, 0.2) is 0 Å². The summed E-state index contributed by atoms with van der Waals surface area (Å²) in [6.07, 6.45) is 6.61. The molecule has 5 nitrogen and oxygen atoms in total. The molecule has 2 fully saturated rings. The smallest absolute Gasteiger partial charge is 0.227 e. The van der Waals surface area contributed by atoms with E-state index in [1.807, 2.05) is 17.0 Å². The van der Waals surface area contributed by atoms with Crippen LogP contribution in [-0.2, 0) is 16.0 Å². The first-order chi connectivity index (χ1) is 11.8. The van der Waals surface area contributed by atoms with Crippen LogP contribution in [0.5, 0.6) is 0 Å². The van der Waals surface area contributed by atoms with E-state index in [-0.39, 0.29) is 29.1 Å². The Morgan fingerprint density at radius 2 is 2.12 bits per heavy atom. The zero-order valence-corrected chi connectivity index (χ0v) is 15.6. The summed E-state index contributed by atoms with van der Waals surface area (Å²) in [6.45, 7) is 7.88. The molecule has 3 heterocycles. The number of likely N-dealkylation sites (tertiary alicyclic amines) is 1. The first-order valence-electron chi connectivity index (χ1n) is 9.30. The minimum atomic E-state index is -0.310. The maximum Gasteiger partial charge on any atom is 0.227 e. The second kappa shape index (κ2) is 7.04. The zero-order chi connectivity index (χ0) is 18.1. The Hall–Kier alpha value is -1.46. The molecule has 0 bridgehead atoms. The fraction of sp³-hybridized carbons (Fsp3) is 0.700. The molecule has 1 spiro atoms. The molecule has 0 radical (unpaired) electrons. The van der Waals surface area contributed by atoms with Crippen LogP contribution >= 0.6 is 0 Å². The van der Waals surface area contributed by atoms with E-state index < -0.39 is 0 Å². The molecule has 1 aromatic rings. The van der Waals surface area contributed by atoms with Crippen LogP contribution in [0.2, 0.25) is 0 Å². The lowest BCUT2D eigenvalue weighted by atomic mass is 9.76. The number of amides is 1. The van der Waals surface area contributed by atoms with E-state index in [2.05, 4.69) is 25.8 Å². The van der Waals surface area contributed by atoms with Crippen molar-refractivity contribution in [3.63, 3.8) is 0 Å². The number of carbonyl (C=O) groups is 1. The van der Waals surface area contributed by atoms with Crippen molar-refractivity contribution in [2.24, 2.45) is 5.41 Å². The van der Waals surface area contributed by atoms with Crippen molar-refractivity contribution in [2.75, 3.05) is 13.1 Å². The van der Waals surface area contributed by atoms with Crippen LogP contribution < -0.4 is 0 Å². The molecular formula is C20H30N2O3. The Labute approximate surface area is 150 Å². The average molecular weight is 346 g/mol. The van der Waals surface area contributed by atoms with E-state index in [4.69, 9.17) is 4.74 Å². The number of rotatable bonds is 2. The molecule has 1 aromatic heterocycles. The van der Waals surface area contributed by atoms with Crippen LogP contribution in [-0.4, -0.2) is 51.8 Å². The normalized spacial score (nSPS) is 26.6. The molecule has 0 aromatic carbocycles. The van der Waals surface area contributed by atoms with Crippen molar-refractivity contribution in [1.82, 2.24) is 9.88 Å². The van der Waals surface area contributed by atoms with Gasteiger partial charge in [0.2, 0.25) is 5.91 Å². The summed E-state index contributed by atoms with van der Waals surface area (Å²) >= 11 is 0. The fourth-order valence-corrected chi connectivity index (χ4v) is 3.96. The maximum absolute atomic E-state index is 12.5. The molecule has 5 heteroatoms. The quantitative estimate of drug-likeness (QED) is 0.894. The summed E-state index contributed by atoms with van der Waals surface area (Å²) in [4.78, 5) is 18.5. The zero-order valence-electron chi connectivity index (χ0n) is 15.6. The van der Waals surface area contributed by atoms with Crippen LogP contribution in [0.4, 0.5) is 0 Å². The number of aliphatic hydroxyl groups excluding tert-OH is 1. The van der Waals surface area contributed by atoms with Gasteiger partial charge in [0.05, 0.1) is 24.2 Å². The Bertz CT molecular complexity index is 589. The van der Waals surface area contributed by atoms with Crippen LogP contribution in [0.15, 0.2) is 24.5 Å². The fourth-order valence-electron chi connectivity index (χ4n) is 3.96. The number of aliphatic hydroxyl groups is 1. The number of nitrogens with zero attached hydrogens (tertiary/aromatic N) is 2. The molecule has 2 aliphatic rings. The highest BCUT2D eigenvalue weighted by Gasteiger charge is 2.46. The van der Waals surface area contributed by atoms with E-state index in [0.29, 0.717) is 32.4 Å². The van der Waals surface area contributed by atoms with Crippen LogP contribution in [0.3, 0.4) is 0 Å². The van der Waals surface area contributed by atoms with Crippen LogP contribution in [0, 0.1) is 5.41 Å². The van der Waals surface area contributed by atoms with Gasteiger partial charge in [-0.2, -0.15) is 0 Å². The predicted molar refractivity (Wildman–Crippen MR) is 96.1 cm³/mol. The molecular weight excluding hydrogens is 316 g/mol. The first kappa shape index (κ1) is 18.3. The van der Waals surface area contributed by atoms with Crippen molar-refractivity contribution in [1.29, 1.82) is 0 Å². The van der Waals surface area contributed by atoms with Gasteiger partial charge in [-0.25, -0.2) is 0 Å². The lowest BCUT2D eigenvalue weighted by Crippen LogP contribution is -2.56. The summed E-state index contributed by atoms with van der Waals surface area (Å²) < 4.78 is 6.49. The molecule has 1 N–H and O–H groups in total. The third-order valence-corrected chi connectivity index (χ3v) is 5.56. The lowest BCUT2D eigenvalue weighted by molar-refractivity contribution is -0.207. The maximum atomic E-state index is 12.5. The Balaban J connectivity index is 1.60. The molecule has 0 aliphatic carbocycles. The molecule has 2 saturated heterocycles. The second-order valence-corrected chi connectivity index (χ2v) is 8.67. The first-order valence-corrected chi connectivity index (χ1v) is 9.30. The van der Waals surface area contributed by atoms with E-state index in [0.717, 1.165) is 18.4 Å². The monoisotopic (exact) mass is 346 g/mol. The van der Waals surface area contributed by atoms with Gasteiger partial charge in [-0.3, -0.25) is 9.78 Å². The molecule has 1 amide bonds. The highest BCUT2D eigenvalue weighted by atomic mass is 16.5. The lowest BCUT2D eigenvalue weighted by Gasteiger charge is -2.50. The molecule has 2 atom stereocenters. The predicted octanol–water partition coefficient (Wildman–Crippen LogP) is 2.57. The molecule has 0 saturated carbocycles. The summed E-state index contributed by atoms with van der Waals surface area (Å²) in [5.41, 5.74) is 0.687. The third kappa shape index (κ3) is 4.39. The largest absolute Gasteiger partial charge is 0.393 e. The van der Waals surface area contributed by atoms with Gasteiger partial charge in [-0.1, -0.05) is 26.8 Å². The molecule has 25 heavy (non-hydrogen) atoms. The number of ether oxygens (including phenoxy) is 1. The minimum Gasteiger partial charge on any atom is -0.393 e. The average Bonchev–Trinajstić information content (AvgIpc) is 2.55. The van der Waals surface area contributed by atoms with E-state index >= 15 is 0 Å². The van der Waals surface area contributed by atoms with Crippen molar-refractivity contribution in [3.8, 4) is 0 Å². The Kier molecular flexibility index (Phi) is 5.16. The second-order valence-electron chi connectivity index (χ2n) is 8.67. The molecule has 2 aliphatic heterocycles. The Morgan fingerprint density at radius 3 is 2.72 bits per heavy atom. The topological polar surface area (TPSA) is 62.7 Å². The Morgan fingerprint density at radius 1 is 1.40 bits per heavy atom. The standard InChI is InChI=1S/C20H30N2O3/c1-19(2,3)17-12-16(23)13-20(25-17)6-9-22(10-7-20)18(24)11-15-5-4-8-21-14-15/h4-5,8,14,16-17,23H,6-7,9-13H2,1-3H3/t16-,17-/m1/s1. The van der Waals surface area contributed by atoms with Crippen molar-refractivity contribution >= 4 is 5.91 Å². The van der Waals surface area contributed by atoms with Crippen molar-refractivity contribution < 1.29 is 14.6 Å². The SMILES string of the molecule is CC(C)(C)[C@H]1C[C@@H](O)CC2(CCN(C(=O)Cc3cccnc3)CC2)O1. The minimum absolute atomic E-state index is 0.0155. The van der Waals surface area contributed by atoms with Crippen LogP contribution in [0.1, 0.15) is 52.0 Å². The number of hydrogen-bond donors (Lipinski definition) is 1. The highest BCUT2D eigenvalue weighted by molar-refractivity contribution is 5.78. The third-order valence-electron chi connectivity index (χ3n) is 5.56. The van der Waals surface area contributed by atoms with Gasteiger partial charge in [0, 0.05) is 38.3 Å². The van der Waals surface area contributed by atoms with Gasteiger partial charge in [0.1, 0.15) is 0 Å². The van der Waals surface area contributed by atoms with Gasteiger partial charge in [-0.15, -0.1) is 0 Å². The summed E-state index contributed by atoms with van der Waals surface area (Å²) in [7, 11) is 0. The molecule has 3 rings (SSSR count). The van der Waals surface area contributed by atoms with Crippen molar-refractivity contribution in [3.05, 3.63) is 30.1 Å². The van der Waals surface area contributed by atoms with E-state index in [1.165, 1.54) is 0 Å². The van der Waals surface area contributed by atoms with Crippen LogP contribution in [0.25, 0.3) is 0 Å². The summed E-state index contributed by atoms with van der Waals surface area (Å²) in [5, 5.41) is 10.4. The van der Waals surface area contributed by atoms with Gasteiger partial charge < -0.3 is 14.7 Å². The van der Waals surface area contributed by atoms with Gasteiger partial charge >= 0.3 is 0 Å². The van der Waals surface area contributed by atoms with E-state index in [9.17, 15) is 9.90 Å². The van der Waals surface area contributed by atoms with Crippen molar-refractivity contribution in [2.45, 2.75) is 70.7 Å². The number of aromatic nitrogens is 1.